The Morgan fingerprint density at radius 1 is 1.53 bits per heavy atom. The molecule has 19 heavy (non-hydrogen) atoms. The third-order valence-corrected chi connectivity index (χ3v) is 3.51. The van der Waals surface area contributed by atoms with Gasteiger partial charge in [-0.2, -0.15) is 0 Å². The van der Waals surface area contributed by atoms with Gasteiger partial charge in [-0.25, -0.2) is 4.39 Å². The number of nitrogens with two attached hydrogens (primary N) is 1. The lowest BCUT2D eigenvalue weighted by Gasteiger charge is -2.33. The molecule has 1 rings (SSSR count). The quantitative estimate of drug-likeness (QED) is 0.857. The summed E-state index contributed by atoms with van der Waals surface area (Å²) in [6.45, 7) is 6.18. The van der Waals surface area contributed by atoms with Crippen LogP contribution in [0.2, 0.25) is 0 Å². The van der Waals surface area contributed by atoms with Gasteiger partial charge < -0.3 is 15.8 Å². The fourth-order valence-electron chi connectivity index (χ4n) is 1.56. The minimum atomic E-state index is -0.501. The number of halogens is 1. The normalized spacial score (nSPS) is 14.1. The highest BCUT2D eigenvalue weighted by Crippen LogP contribution is 2.20. The standard InChI is InChI=1S/C14H21FN2O2/c1-9(2)14(3,8-16)17-13(18)10-5-6-11(15)12(7-10)19-4/h5-7,9H,8,16H2,1-4H3,(H,17,18). The summed E-state index contributed by atoms with van der Waals surface area (Å²) in [5.74, 6) is -0.556. The highest BCUT2D eigenvalue weighted by molar-refractivity contribution is 5.95. The Balaban J connectivity index is 2.95. The van der Waals surface area contributed by atoms with Gasteiger partial charge in [-0.1, -0.05) is 13.8 Å². The fraction of sp³-hybridized carbons (Fsp3) is 0.500. The van der Waals surface area contributed by atoms with E-state index in [4.69, 9.17) is 10.5 Å². The van der Waals surface area contributed by atoms with E-state index in [2.05, 4.69) is 5.32 Å². The molecular formula is C14H21FN2O2. The number of amides is 1. The van der Waals surface area contributed by atoms with Gasteiger partial charge in [0.15, 0.2) is 11.6 Å². The molecule has 1 aromatic rings. The summed E-state index contributed by atoms with van der Waals surface area (Å²) in [5, 5.41) is 2.89. The molecule has 0 aliphatic carbocycles. The summed E-state index contributed by atoms with van der Waals surface area (Å²) < 4.78 is 18.1. The number of rotatable bonds is 5. The van der Waals surface area contributed by atoms with Gasteiger partial charge in [0.1, 0.15) is 0 Å². The summed E-state index contributed by atoms with van der Waals surface area (Å²) >= 11 is 0. The molecule has 0 heterocycles. The second-order valence-electron chi connectivity index (χ2n) is 5.08. The summed E-state index contributed by atoms with van der Waals surface area (Å²) in [7, 11) is 1.36. The van der Waals surface area contributed by atoms with Crippen molar-refractivity contribution in [2.45, 2.75) is 26.3 Å². The second kappa shape index (κ2) is 6.02. The minimum absolute atomic E-state index is 0.0478. The third kappa shape index (κ3) is 3.44. The van der Waals surface area contributed by atoms with Gasteiger partial charge in [0, 0.05) is 12.1 Å². The lowest BCUT2D eigenvalue weighted by molar-refractivity contribution is 0.0883. The number of hydrogen-bond donors (Lipinski definition) is 2. The molecular weight excluding hydrogens is 247 g/mol. The Labute approximate surface area is 113 Å². The molecule has 1 amide bonds. The largest absolute Gasteiger partial charge is 0.494 e. The van der Waals surface area contributed by atoms with Crippen molar-refractivity contribution in [2.75, 3.05) is 13.7 Å². The van der Waals surface area contributed by atoms with Gasteiger partial charge in [0.2, 0.25) is 0 Å². The van der Waals surface area contributed by atoms with Gasteiger partial charge in [-0.05, 0) is 31.0 Å². The second-order valence-corrected chi connectivity index (χ2v) is 5.08. The molecule has 0 aliphatic heterocycles. The summed E-state index contributed by atoms with van der Waals surface area (Å²) in [4.78, 5) is 12.2. The molecule has 0 spiro atoms. The highest BCUT2D eigenvalue weighted by Gasteiger charge is 2.29. The predicted octanol–water partition coefficient (Wildman–Crippen LogP) is 1.94. The van der Waals surface area contributed by atoms with Crippen LogP contribution in [0.1, 0.15) is 31.1 Å². The van der Waals surface area contributed by atoms with Gasteiger partial charge in [-0.3, -0.25) is 4.79 Å². The lowest BCUT2D eigenvalue weighted by Crippen LogP contribution is -2.55. The topological polar surface area (TPSA) is 64.3 Å². The summed E-state index contributed by atoms with van der Waals surface area (Å²) in [5.41, 5.74) is 5.56. The number of nitrogens with one attached hydrogen (secondary N) is 1. The van der Waals surface area contributed by atoms with Gasteiger partial charge in [-0.15, -0.1) is 0 Å². The minimum Gasteiger partial charge on any atom is -0.494 e. The first-order chi connectivity index (χ1) is 8.84. The molecule has 1 atom stereocenters. The first-order valence-electron chi connectivity index (χ1n) is 6.20. The summed E-state index contributed by atoms with van der Waals surface area (Å²) in [6.07, 6.45) is 0. The molecule has 0 radical (unpaired) electrons. The molecule has 1 aromatic carbocycles. The Bertz CT molecular complexity index is 463. The maximum absolute atomic E-state index is 13.3. The number of ether oxygens (including phenoxy) is 1. The van der Waals surface area contributed by atoms with Crippen molar-refractivity contribution in [1.29, 1.82) is 0 Å². The maximum atomic E-state index is 13.3. The first-order valence-corrected chi connectivity index (χ1v) is 6.20. The van der Waals surface area contributed by atoms with Crippen LogP contribution in [0.25, 0.3) is 0 Å². The van der Waals surface area contributed by atoms with E-state index in [1.165, 1.54) is 25.3 Å². The molecule has 106 valence electrons. The van der Waals surface area contributed by atoms with Gasteiger partial charge >= 0.3 is 0 Å². The first kappa shape index (κ1) is 15.4. The Hall–Kier alpha value is -1.62. The smallest absolute Gasteiger partial charge is 0.251 e. The Morgan fingerprint density at radius 2 is 2.16 bits per heavy atom. The Kier molecular flexibility index (Phi) is 4.89. The van der Waals surface area contributed by atoms with E-state index in [0.717, 1.165) is 0 Å². The van der Waals surface area contributed by atoms with Crippen molar-refractivity contribution < 1.29 is 13.9 Å². The van der Waals surface area contributed by atoms with E-state index >= 15 is 0 Å². The zero-order chi connectivity index (χ0) is 14.6. The van der Waals surface area contributed by atoms with Crippen LogP contribution in [0.3, 0.4) is 0 Å². The average Bonchev–Trinajstić information content (AvgIpc) is 2.38. The molecule has 0 saturated carbocycles. The number of carbonyl (C=O) groups excluding carboxylic acids is 1. The third-order valence-electron chi connectivity index (χ3n) is 3.51. The van der Waals surface area contributed by atoms with Crippen molar-refractivity contribution >= 4 is 5.91 Å². The highest BCUT2D eigenvalue weighted by atomic mass is 19.1. The maximum Gasteiger partial charge on any atom is 0.251 e. The zero-order valence-corrected chi connectivity index (χ0v) is 11.8. The van der Waals surface area contributed by atoms with Gasteiger partial charge in [0.05, 0.1) is 12.6 Å². The molecule has 0 aromatic heterocycles. The molecule has 0 bridgehead atoms. The zero-order valence-electron chi connectivity index (χ0n) is 11.8. The van der Waals surface area contributed by atoms with Crippen LogP contribution in [0.4, 0.5) is 4.39 Å². The van der Waals surface area contributed by atoms with Crippen LogP contribution in [-0.4, -0.2) is 25.1 Å². The molecule has 0 aliphatic rings. The Morgan fingerprint density at radius 3 is 2.63 bits per heavy atom. The van der Waals surface area contributed by atoms with Crippen LogP contribution in [-0.2, 0) is 0 Å². The molecule has 4 nitrogen and oxygen atoms in total. The van der Waals surface area contributed by atoms with Crippen LogP contribution in [0.5, 0.6) is 5.75 Å². The van der Waals surface area contributed by atoms with Crippen LogP contribution in [0, 0.1) is 11.7 Å². The molecule has 3 N–H and O–H groups in total. The number of hydrogen-bond acceptors (Lipinski definition) is 3. The number of carbonyl (C=O) groups is 1. The monoisotopic (exact) mass is 268 g/mol. The SMILES string of the molecule is COc1cc(C(=O)NC(C)(CN)C(C)C)ccc1F. The van der Waals surface area contributed by atoms with E-state index in [0.29, 0.717) is 12.1 Å². The van der Waals surface area contributed by atoms with E-state index < -0.39 is 11.4 Å². The lowest BCUT2D eigenvalue weighted by atomic mass is 9.88. The number of benzene rings is 1. The fourth-order valence-corrected chi connectivity index (χ4v) is 1.56. The van der Waals surface area contributed by atoms with Gasteiger partial charge in [0.25, 0.3) is 5.91 Å². The van der Waals surface area contributed by atoms with E-state index in [1.54, 1.807) is 0 Å². The molecule has 5 heteroatoms. The summed E-state index contributed by atoms with van der Waals surface area (Å²) in [6, 6.07) is 4.01. The van der Waals surface area contributed by atoms with Crippen molar-refractivity contribution in [3.8, 4) is 5.75 Å². The molecule has 0 fully saturated rings. The van der Waals surface area contributed by atoms with Crippen molar-refractivity contribution in [3.05, 3.63) is 29.6 Å². The van der Waals surface area contributed by atoms with Crippen molar-refractivity contribution in [2.24, 2.45) is 11.7 Å². The number of methoxy groups -OCH3 is 1. The van der Waals surface area contributed by atoms with Crippen LogP contribution < -0.4 is 15.8 Å². The van der Waals surface area contributed by atoms with Crippen molar-refractivity contribution in [1.82, 2.24) is 5.32 Å². The predicted molar refractivity (Wildman–Crippen MR) is 72.7 cm³/mol. The van der Waals surface area contributed by atoms with Crippen LogP contribution >= 0.6 is 0 Å². The molecule has 1 unspecified atom stereocenters. The average molecular weight is 268 g/mol. The van der Waals surface area contributed by atoms with E-state index in [1.807, 2.05) is 20.8 Å². The van der Waals surface area contributed by atoms with E-state index in [-0.39, 0.29) is 17.6 Å². The van der Waals surface area contributed by atoms with E-state index in [9.17, 15) is 9.18 Å². The van der Waals surface area contributed by atoms with Crippen LogP contribution in [0.15, 0.2) is 18.2 Å². The molecule has 0 saturated heterocycles. The van der Waals surface area contributed by atoms with Crippen molar-refractivity contribution in [3.63, 3.8) is 0 Å².